The molecule has 3 amide bonds. The number of amides is 3. The molecule has 0 saturated carbocycles. The number of hydrogen-bond acceptors (Lipinski definition) is 5. The van der Waals surface area contributed by atoms with Crippen LogP contribution in [0.25, 0.3) is 0 Å². The lowest BCUT2D eigenvalue weighted by atomic mass is 9.96. The molecule has 2 unspecified atom stereocenters. The fourth-order valence-corrected chi connectivity index (χ4v) is 3.79. The maximum atomic E-state index is 12.4. The van der Waals surface area contributed by atoms with Gasteiger partial charge in [-0.3, -0.25) is 10.1 Å². The molecule has 1 aromatic rings. The first-order chi connectivity index (χ1) is 10.8. The summed E-state index contributed by atoms with van der Waals surface area (Å²) in [7, 11) is 0. The average molecular weight is 337 g/mol. The Morgan fingerprint density at radius 1 is 1.39 bits per heavy atom. The Labute approximate surface area is 140 Å². The van der Waals surface area contributed by atoms with E-state index in [0.29, 0.717) is 30.6 Å². The van der Waals surface area contributed by atoms with Crippen LogP contribution in [0.1, 0.15) is 45.9 Å². The summed E-state index contributed by atoms with van der Waals surface area (Å²) >= 11 is 1.20. The zero-order chi connectivity index (χ0) is 16.6. The SMILES string of the molecule is CC(C)(C)c1nsc(NC(=O)N2CC3CCCC(=O)NC3C2)n1. The topological polar surface area (TPSA) is 87.2 Å². The van der Waals surface area contributed by atoms with E-state index in [-0.39, 0.29) is 23.4 Å². The zero-order valence-electron chi connectivity index (χ0n) is 13.8. The first-order valence-corrected chi connectivity index (χ1v) is 8.80. The van der Waals surface area contributed by atoms with Crippen molar-refractivity contribution in [3.63, 3.8) is 0 Å². The maximum absolute atomic E-state index is 12.4. The van der Waals surface area contributed by atoms with Crippen LogP contribution in [0.2, 0.25) is 0 Å². The Kier molecular flexibility index (Phi) is 4.27. The van der Waals surface area contributed by atoms with Gasteiger partial charge in [0, 0.05) is 36.5 Å². The summed E-state index contributed by atoms with van der Waals surface area (Å²) in [6.45, 7) is 7.36. The number of nitrogens with zero attached hydrogens (tertiary/aromatic N) is 3. The average Bonchev–Trinajstić information content (AvgIpc) is 3.03. The van der Waals surface area contributed by atoms with Crippen molar-refractivity contribution in [3.8, 4) is 0 Å². The van der Waals surface area contributed by atoms with Crippen molar-refractivity contribution in [1.29, 1.82) is 0 Å². The lowest BCUT2D eigenvalue weighted by Crippen LogP contribution is -2.40. The molecular formula is C15H23N5O2S. The van der Waals surface area contributed by atoms with E-state index in [2.05, 4.69) is 20.0 Å². The van der Waals surface area contributed by atoms with Gasteiger partial charge in [-0.2, -0.15) is 4.37 Å². The molecule has 0 bridgehead atoms. The lowest BCUT2D eigenvalue weighted by Gasteiger charge is -2.16. The zero-order valence-corrected chi connectivity index (χ0v) is 14.6. The highest BCUT2D eigenvalue weighted by molar-refractivity contribution is 7.09. The highest BCUT2D eigenvalue weighted by Gasteiger charge is 2.37. The van der Waals surface area contributed by atoms with Crippen molar-refractivity contribution in [2.24, 2.45) is 5.92 Å². The molecule has 2 N–H and O–H groups in total. The molecule has 0 aliphatic carbocycles. The number of fused-ring (bicyclic) bond motifs is 1. The molecule has 0 radical (unpaired) electrons. The van der Waals surface area contributed by atoms with E-state index in [1.54, 1.807) is 4.90 Å². The Bertz CT molecular complexity index is 609. The Morgan fingerprint density at radius 2 is 2.17 bits per heavy atom. The van der Waals surface area contributed by atoms with E-state index in [4.69, 9.17) is 0 Å². The second kappa shape index (κ2) is 6.07. The summed E-state index contributed by atoms with van der Waals surface area (Å²) in [6.07, 6.45) is 2.48. The van der Waals surface area contributed by atoms with Crippen molar-refractivity contribution < 1.29 is 9.59 Å². The normalized spacial score (nSPS) is 24.8. The lowest BCUT2D eigenvalue weighted by molar-refractivity contribution is -0.121. The number of nitrogens with one attached hydrogen (secondary N) is 2. The standard InChI is InChI=1S/C15H23N5O2S/c1-15(2,3)12-17-13(23-19-12)18-14(22)20-7-9-5-4-6-11(21)16-10(9)8-20/h9-10H,4-8H2,1-3H3,(H,16,21)(H,17,18,19,22). The van der Waals surface area contributed by atoms with Gasteiger partial charge in [0.2, 0.25) is 11.0 Å². The second-order valence-corrected chi connectivity index (χ2v) is 8.09. The third-order valence-electron chi connectivity index (χ3n) is 4.36. The van der Waals surface area contributed by atoms with E-state index in [1.807, 2.05) is 20.8 Å². The summed E-state index contributed by atoms with van der Waals surface area (Å²) in [5.41, 5.74) is -0.134. The summed E-state index contributed by atoms with van der Waals surface area (Å²) < 4.78 is 4.30. The second-order valence-electron chi connectivity index (χ2n) is 7.33. The van der Waals surface area contributed by atoms with Gasteiger partial charge in [-0.05, 0) is 18.8 Å². The molecule has 2 atom stereocenters. The minimum Gasteiger partial charge on any atom is -0.351 e. The van der Waals surface area contributed by atoms with Crippen LogP contribution in [0.15, 0.2) is 0 Å². The van der Waals surface area contributed by atoms with E-state index >= 15 is 0 Å². The molecule has 0 aromatic carbocycles. The Hall–Kier alpha value is -1.70. The van der Waals surface area contributed by atoms with Gasteiger partial charge in [-0.25, -0.2) is 9.78 Å². The first-order valence-electron chi connectivity index (χ1n) is 8.02. The van der Waals surface area contributed by atoms with Gasteiger partial charge in [-0.1, -0.05) is 20.8 Å². The van der Waals surface area contributed by atoms with E-state index in [0.717, 1.165) is 18.7 Å². The van der Waals surface area contributed by atoms with Crippen LogP contribution in [-0.2, 0) is 10.2 Å². The fraction of sp³-hybridized carbons (Fsp3) is 0.733. The van der Waals surface area contributed by atoms with E-state index in [9.17, 15) is 9.59 Å². The van der Waals surface area contributed by atoms with E-state index < -0.39 is 0 Å². The molecule has 2 saturated heterocycles. The summed E-state index contributed by atoms with van der Waals surface area (Å²) in [4.78, 5) is 30.2. The molecule has 2 aliphatic rings. The van der Waals surface area contributed by atoms with Gasteiger partial charge < -0.3 is 10.2 Å². The molecule has 0 spiro atoms. The largest absolute Gasteiger partial charge is 0.351 e. The Balaban J connectivity index is 1.61. The molecule has 1 aromatic heterocycles. The number of urea groups is 1. The highest BCUT2D eigenvalue weighted by atomic mass is 32.1. The number of hydrogen-bond donors (Lipinski definition) is 2. The van der Waals surface area contributed by atoms with Crippen LogP contribution in [0.3, 0.4) is 0 Å². The Morgan fingerprint density at radius 3 is 2.87 bits per heavy atom. The molecular weight excluding hydrogens is 314 g/mol. The monoisotopic (exact) mass is 337 g/mol. The number of rotatable bonds is 1. The van der Waals surface area contributed by atoms with Gasteiger partial charge in [0.15, 0.2) is 0 Å². The number of likely N-dealkylation sites (tertiary alicyclic amines) is 1. The molecule has 2 fully saturated rings. The maximum Gasteiger partial charge on any atom is 0.323 e. The van der Waals surface area contributed by atoms with Crippen LogP contribution < -0.4 is 10.6 Å². The molecule has 3 heterocycles. The van der Waals surface area contributed by atoms with Crippen molar-refractivity contribution in [2.75, 3.05) is 18.4 Å². The first kappa shape index (κ1) is 16.2. The summed E-state index contributed by atoms with van der Waals surface area (Å²) in [5.74, 6) is 1.18. The number of carbonyl (C=O) groups is 2. The number of anilines is 1. The third-order valence-corrected chi connectivity index (χ3v) is 4.99. The van der Waals surface area contributed by atoms with Crippen molar-refractivity contribution >= 4 is 28.6 Å². The minimum atomic E-state index is -0.163. The molecule has 7 nitrogen and oxygen atoms in total. The van der Waals surface area contributed by atoms with Crippen LogP contribution in [0, 0.1) is 5.92 Å². The van der Waals surface area contributed by atoms with Crippen LogP contribution in [0.5, 0.6) is 0 Å². The summed E-state index contributed by atoms with van der Waals surface area (Å²) in [6, 6.07) is -0.0840. The molecule has 2 aliphatic heterocycles. The van der Waals surface area contributed by atoms with Gasteiger partial charge >= 0.3 is 6.03 Å². The van der Waals surface area contributed by atoms with Crippen molar-refractivity contribution in [1.82, 2.24) is 19.6 Å². The molecule has 8 heteroatoms. The number of carbonyl (C=O) groups excluding carboxylic acids is 2. The minimum absolute atomic E-state index is 0.0790. The summed E-state index contributed by atoms with van der Waals surface area (Å²) in [5, 5.41) is 6.38. The molecule has 23 heavy (non-hydrogen) atoms. The van der Waals surface area contributed by atoms with Gasteiger partial charge in [-0.15, -0.1) is 0 Å². The smallest absolute Gasteiger partial charge is 0.323 e. The van der Waals surface area contributed by atoms with Crippen LogP contribution in [-0.4, -0.2) is 45.3 Å². The van der Waals surface area contributed by atoms with Gasteiger partial charge in [0.25, 0.3) is 0 Å². The third kappa shape index (κ3) is 3.63. The highest BCUT2D eigenvalue weighted by Crippen LogP contribution is 2.27. The van der Waals surface area contributed by atoms with Gasteiger partial charge in [0.1, 0.15) is 5.82 Å². The van der Waals surface area contributed by atoms with Crippen molar-refractivity contribution in [2.45, 2.75) is 51.5 Å². The molecule has 126 valence electrons. The quantitative estimate of drug-likeness (QED) is 0.820. The van der Waals surface area contributed by atoms with Crippen LogP contribution >= 0.6 is 11.5 Å². The predicted octanol–water partition coefficient (Wildman–Crippen LogP) is 1.97. The van der Waals surface area contributed by atoms with Crippen molar-refractivity contribution in [3.05, 3.63) is 5.82 Å². The predicted molar refractivity (Wildman–Crippen MR) is 88.5 cm³/mol. The fourth-order valence-electron chi connectivity index (χ4n) is 3.05. The molecule has 3 rings (SSSR count). The van der Waals surface area contributed by atoms with Gasteiger partial charge in [0.05, 0.1) is 6.04 Å². The van der Waals surface area contributed by atoms with Crippen LogP contribution in [0.4, 0.5) is 9.93 Å². The number of aromatic nitrogens is 2. The van der Waals surface area contributed by atoms with E-state index in [1.165, 1.54) is 11.5 Å².